The lowest BCUT2D eigenvalue weighted by Crippen LogP contribution is -2.16. The Hall–Kier alpha value is -3.16. The molecule has 5 nitrogen and oxygen atoms in total. The van der Waals surface area contributed by atoms with E-state index in [1.165, 1.54) is 50.6 Å². The number of anilines is 1. The Labute approximate surface area is 148 Å². The predicted molar refractivity (Wildman–Crippen MR) is 90.3 cm³/mol. The van der Waals surface area contributed by atoms with Gasteiger partial charge in [0.05, 0.1) is 14.2 Å². The molecule has 26 heavy (non-hydrogen) atoms. The molecule has 0 aliphatic heterocycles. The van der Waals surface area contributed by atoms with E-state index in [2.05, 4.69) is 10.1 Å². The lowest BCUT2D eigenvalue weighted by Gasteiger charge is -2.09. The van der Waals surface area contributed by atoms with Gasteiger partial charge >= 0.3 is 6.36 Å². The van der Waals surface area contributed by atoms with E-state index in [-0.39, 0.29) is 5.75 Å². The normalized spacial score (nSPS) is 11.3. The number of methoxy groups -OCH3 is 2. The minimum atomic E-state index is -4.74. The van der Waals surface area contributed by atoms with Crippen LogP contribution in [0.25, 0.3) is 6.08 Å². The molecule has 0 fully saturated rings. The molecule has 0 spiro atoms. The molecule has 0 bridgehead atoms. The van der Waals surface area contributed by atoms with E-state index in [0.717, 1.165) is 0 Å². The van der Waals surface area contributed by atoms with Gasteiger partial charge in [-0.2, -0.15) is 0 Å². The van der Waals surface area contributed by atoms with Crippen molar-refractivity contribution in [3.8, 4) is 17.2 Å². The van der Waals surface area contributed by atoms with Crippen molar-refractivity contribution in [2.24, 2.45) is 0 Å². The molecule has 2 aromatic rings. The van der Waals surface area contributed by atoms with Crippen molar-refractivity contribution in [3.63, 3.8) is 0 Å². The first-order valence-corrected chi connectivity index (χ1v) is 7.37. The summed E-state index contributed by atoms with van der Waals surface area (Å²) in [6.45, 7) is 0. The number of nitrogens with one attached hydrogen (secondary N) is 1. The minimum Gasteiger partial charge on any atom is -0.493 e. The van der Waals surface area contributed by atoms with Crippen LogP contribution in [0, 0.1) is 0 Å². The molecule has 2 rings (SSSR count). The first-order valence-electron chi connectivity index (χ1n) is 7.37. The molecule has 0 atom stereocenters. The van der Waals surface area contributed by atoms with Gasteiger partial charge in [0.2, 0.25) is 5.91 Å². The number of alkyl halides is 3. The summed E-state index contributed by atoms with van der Waals surface area (Å²) in [6.07, 6.45) is -2.01. The quantitative estimate of drug-likeness (QED) is 0.776. The molecular formula is C18H16F3NO4. The van der Waals surface area contributed by atoms with Gasteiger partial charge in [-0.15, -0.1) is 13.2 Å². The highest BCUT2D eigenvalue weighted by atomic mass is 19.4. The fraction of sp³-hybridized carbons (Fsp3) is 0.167. The summed E-state index contributed by atoms with van der Waals surface area (Å²) in [7, 11) is 2.99. The Kier molecular flexibility index (Phi) is 6.11. The number of carbonyl (C=O) groups excluding carboxylic acids is 1. The Balaban J connectivity index is 1.99. The summed E-state index contributed by atoms with van der Waals surface area (Å²) >= 11 is 0. The number of hydrogen-bond donors (Lipinski definition) is 1. The Morgan fingerprint density at radius 3 is 2.23 bits per heavy atom. The molecule has 8 heteroatoms. The van der Waals surface area contributed by atoms with Crippen LogP contribution in [0.3, 0.4) is 0 Å². The summed E-state index contributed by atoms with van der Waals surface area (Å²) < 4.78 is 50.3. The van der Waals surface area contributed by atoms with Crippen LogP contribution >= 0.6 is 0 Å². The molecule has 0 saturated carbocycles. The van der Waals surface area contributed by atoms with Gasteiger partial charge in [0.1, 0.15) is 5.75 Å². The Bertz CT molecular complexity index is 786. The van der Waals surface area contributed by atoms with Crippen LogP contribution in [0.15, 0.2) is 48.5 Å². The average Bonchev–Trinajstić information content (AvgIpc) is 2.59. The minimum absolute atomic E-state index is 0.329. The van der Waals surface area contributed by atoms with Crippen molar-refractivity contribution in [2.75, 3.05) is 19.5 Å². The van der Waals surface area contributed by atoms with Crippen molar-refractivity contribution in [2.45, 2.75) is 6.36 Å². The predicted octanol–water partition coefficient (Wildman–Crippen LogP) is 4.25. The molecule has 1 amide bonds. The van der Waals surface area contributed by atoms with Crippen LogP contribution in [-0.4, -0.2) is 26.5 Å². The number of halogens is 3. The third-order valence-corrected chi connectivity index (χ3v) is 3.19. The molecule has 2 aromatic carbocycles. The van der Waals surface area contributed by atoms with Crippen molar-refractivity contribution < 1.29 is 32.2 Å². The van der Waals surface area contributed by atoms with Gasteiger partial charge < -0.3 is 19.5 Å². The van der Waals surface area contributed by atoms with E-state index in [1.54, 1.807) is 18.2 Å². The molecule has 0 saturated heterocycles. The lowest BCUT2D eigenvalue weighted by molar-refractivity contribution is -0.274. The molecule has 0 radical (unpaired) electrons. The van der Waals surface area contributed by atoms with Gasteiger partial charge in [0.25, 0.3) is 0 Å². The van der Waals surface area contributed by atoms with Gasteiger partial charge in [0, 0.05) is 17.8 Å². The molecule has 0 aliphatic carbocycles. The van der Waals surface area contributed by atoms with Crippen LogP contribution in [0.2, 0.25) is 0 Å². The summed E-state index contributed by atoms with van der Waals surface area (Å²) in [4.78, 5) is 12.0. The molecule has 0 unspecified atom stereocenters. The maximum absolute atomic E-state index is 12.1. The van der Waals surface area contributed by atoms with Crippen LogP contribution in [0.1, 0.15) is 5.56 Å². The first kappa shape index (κ1) is 19.2. The zero-order valence-corrected chi connectivity index (χ0v) is 14.0. The third kappa shape index (κ3) is 5.73. The first-order chi connectivity index (χ1) is 12.3. The van der Waals surface area contributed by atoms with Gasteiger partial charge in [-0.25, -0.2) is 0 Å². The van der Waals surface area contributed by atoms with Crippen LogP contribution in [0.4, 0.5) is 18.9 Å². The van der Waals surface area contributed by atoms with E-state index < -0.39 is 12.3 Å². The molecule has 1 N–H and O–H groups in total. The molecule has 0 aliphatic rings. The van der Waals surface area contributed by atoms with Crippen molar-refractivity contribution in [3.05, 3.63) is 54.1 Å². The SMILES string of the molecule is COc1ccc(NC(=O)/C=C/c2ccc(OC(F)(F)F)cc2)cc1OC. The number of hydrogen-bond acceptors (Lipinski definition) is 4. The molecule has 0 heterocycles. The molecule has 138 valence electrons. The van der Waals surface area contributed by atoms with E-state index in [4.69, 9.17) is 9.47 Å². The highest BCUT2D eigenvalue weighted by molar-refractivity contribution is 6.02. The average molecular weight is 367 g/mol. The monoisotopic (exact) mass is 367 g/mol. The number of amides is 1. The highest BCUT2D eigenvalue weighted by Gasteiger charge is 2.30. The van der Waals surface area contributed by atoms with E-state index in [1.807, 2.05) is 0 Å². The Morgan fingerprint density at radius 1 is 1.00 bits per heavy atom. The lowest BCUT2D eigenvalue weighted by atomic mass is 10.2. The van der Waals surface area contributed by atoms with Crippen LogP contribution in [0.5, 0.6) is 17.2 Å². The van der Waals surface area contributed by atoms with Crippen LogP contribution in [-0.2, 0) is 4.79 Å². The number of ether oxygens (including phenoxy) is 3. The maximum Gasteiger partial charge on any atom is 0.573 e. The van der Waals surface area contributed by atoms with Crippen LogP contribution < -0.4 is 19.5 Å². The smallest absolute Gasteiger partial charge is 0.493 e. The zero-order chi connectivity index (χ0) is 19.2. The van der Waals surface area contributed by atoms with Gasteiger partial charge in [-0.05, 0) is 35.9 Å². The zero-order valence-electron chi connectivity index (χ0n) is 14.0. The number of benzene rings is 2. The van der Waals surface area contributed by atoms with E-state index >= 15 is 0 Å². The largest absolute Gasteiger partial charge is 0.573 e. The highest BCUT2D eigenvalue weighted by Crippen LogP contribution is 2.29. The topological polar surface area (TPSA) is 56.8 Å². The standard InChI is InChI=1S/C18H16F3NO4/c1-24-15-9-6-13(11-16(15)25-2)22-17(23)10-5-12-3-7-14(8-4-12)26-18(19,20)21/h3-11H,1-2H3,(H,22,23)/b10-5+. The summed E-state index contributed by atoms with van der Waals surface area (Å²) in [5.41, 5.74) is 1.05. The molecule has 0 aromatic heterocycles. The third-order valence-electron chi connectivity index (χ3n) is 3.19. The summed E-state index contributed by atoms with van der Waals surface area (Å²) in [5.74, 6) is 0.258. The van der Waals surface area contributed by atoms with E-state index in [9.17, 15) is 18.0 Å². The van der Waals surface area contributed by atoms with Crippen molar-refractivity contribution in [1.82, 2.24) is 0 Å². The fourth-order valence-electron chi connectivity index (χ4n) is 2.05. The summed E-state index contributed by atoms with van der Waals surface area (Å²) in [5, 5.41) is 2.65. The second kappa shape index (κ2) is 8.28. The second-order valence-corrected chi connectivity index (χ2v) is 5.01. The van der Waals surface area contributed by atoms with Crippen molar-refractivity contribution in [1.29, 1.82) is 0 Å². The molecular weight excluding hydrogens is 351 g/mol. The van der Waals surface area contributed by atoms with Gasteiger partial charge in [-0.3, -0.25) is 4.79 Å². The van der Waals surface area contributed by atoms with Gasteiger partial charge in [-0.1, -0.05) is 12.1 Å². The van der Waals surface area contributed by atoms with Crippen molar-refractivity contribution >= 4 is 17.7 Å². The second-order valence-electron chi connectivity index (χ2n) is 5.01. The van der Waals surface area contributed by atoms with E-state index in [0.29, 0.717) is 22.7 Å². The van der Waals surface area contributed by atoms with Gasteiger partial charge in [0.15, 0.2) is 11.5 Å². The number of rotatable bonds is 6. The maximum atomic E-state index is 12.1. The Morgan fingerprint density at radius 2 is 1.65 bits per heavy atom. The number of carbonyl (C=O) groups is 1. The fourth-order valence-corrected chi connectivity index (χ4v) is 2.05. The summed E-state index contributed by atoms with van der Waals surface area (Å²) in [6, 6.07) is 10.0.